The minimum absolute atomic E-state index is 0.248. The fourth-order valence-electron chi connectivity index (χ4n) is 2.41. The summed E-state index contributed by atoms with van der Waals surface area (Å²) in [6.07, 6.45) is 1.30. The molecule has 26 heavy (non-hydrogen) atoms. The number of ether oxygens (including phenoxy) is 2. The molecule has 1 fully saturated rings. The predicted octanol–water partition coefficient (Wildman–Crippen LogP) is 5.49. The summed E-state index contributed by atoms with van der Waals surface area (Å²) in [6.45, 7) is 17.0. The number of likely N-dealkylation sites (tertiary alicyclic amines) is 1. The molecule has 1 aromatic carbocycles. The third kappa shape index (κ3) is 8.45. The quantitative estimate of drug-likeness (QED) is 0.703. The summed E-state index contributed by atoms with van der Waals surface area (Å²) < 4.78 is 11.5. The van der Waals surface area contributed by atoms with Gasteiger partial charge < -0.3 is 20.1 Å². The van der Waals surface area contributed by atoms with Gasteiger partial charge in [0, 0.05) is 31.6 Å². The van der Waals surface area contributed by atoms with Gasteiger partial charge in [-0.25, -0.2) is 4.79 Å². The molecule has 1 aliphatic rings. The standard InChI is InChI=1S/C17H26N2O3.2C2H6/c1-16(2,3)22-15(20)19-11-9-17(4,10-12-19)21-14-7-5-13(18)6-8-14;2*1-2/h5-8H,9-12,18H2,1-4H3;2*1-2H3. The first kappa shape index (κ1) is 24.1. The van der Waals surface area contributed by atoms with Crippen LogP contribution < -0.4 is 10.5 Å². The van der Waals surface area contributed by atoms with E-state index in [1.54, 1.807) is 4.90 Å². The summed E-state index contributed by atoms with van der Waals surface area (Å²) in [5.41, 5.74) is 5.67. The molecule has 1 amide bonds. The van der Waals surface area contributed by atoms with Gasteiger partial charge in [0.2, 0.25) is 0 Å². The van der Waals surface area contributed by atoms with Crippen LogP contribution in [0.4, 0.5) is 10.5 Å². The van der Waals surface area contributed by atoms with E-state index in [1.807, 2.05) is 72.7 Å². The Morgan fingerprint density at radius 3 is 1.92 bits per heavy atom. The normalized spacial score (nSPS) is 15.6. The Kier molecular flexibility index (Phi) is 10.1. The van der Waals surface area contributed by atoms with Gasteiger partial charge in [0.1, 0.15) is 17.0 Å². The van der Waals surface area contributed by atoms with E-state index in [1.165, 1.54) is 0 Å². The molecule has 0 bridgehead atoms. The van der Waals surface area contributed by atoms with Gasteiger partial charge in [-0.15, -0.1) is 0 Å². The van der Waals surface area contributed by atoms with Crippen molar-refractivity contribution in [1.82, 2.24) is 4.90 Å². The van der Waals surface area contributed by atoms with Gasteiger partial charge in [-0.2, -0.15) is 0 Å². The largest absolute Gasteiger partial charge is 0.487 e. The minimum atomic E-state index is -0.460. The Balaban J connectivity index is 0.00000146. The Morgan fingerprint density at radius 2 is 1.50 bits per heavy atom. The minimum Gasteiger partial charge on any atom is -0.487 e. The number of anilines is 1. The lowest BCUT2D eigenvalue weighted by Gasteiger charge is -2.39. The highest BCUT2D eigenvalue weighted by Gasteiger charge is 2.35. The lowest BCUT2D eigenvalue weighted by molar-refractivity contribution is -0.00981. The Bertz CT molecular complexity index is 513. The third-order valence-electron chi connectivity index (χ3n) is 3.72. The number of nitrogen functional groups attached to an aromatic ring is 1. The molecule has 5 nitrogen and oxygen atoms in total. The van der Waals surface area contributed by atoms with Crippen LogP contribution >= 0.6 is 0 Å². The second kappa shape index (κ2) is 10.9. The van der Waals surface area contributed by atoms with Crippen molar-refractivity contribution < 1.29 is 14.3 Å². The Morgan fingerprint density at radius 1 is 1.04 bits per heavy atom. The second-order valence-electron chi connectivity index (χ2n) is 7.09. The molecule has 1 aliphatic heterocycles. The molecule has 0 aromatic heterocycles. The van der Waals surface area contributed by atoms with Crippen LogP contribution in [-0.4, -0.2) is 35.3 Å². The highest BCUT2D eigenvalue weighted by Crippen LogP contribution is 2.29. The van der Waals surface area contributed by atoms with E-state index in [0.29, 0.717) is 13.1 Å². The average Bonchev–Trinajstić information content (AvgIpc) is 2.59. The fourth-order valence-corrected chi connectivity index (χ4v) is 2.41. The van der Waals surface area contributed by atoms with E-state index in [0.717, 1.165) is 24.3 Å². The highest BCUT2D eigenvalue weighted by molar-refractivity contribution is 5.68. The van der Waals surface area contributed by atoms with Crippen LogP contribution in [0.2, 0.25) is 0 Å². The molecular weight excluding hydrogens is 328 g/mol. The summed E-state index contributed by atoms with van der Waals surface area (Å²) in [5.74, 6) is 0.808. The van der Waals surface area contributed by atoms with E-state index in [4.69, 9.17) is 15.2 Å². The maximum Gasteiger partial charge on any atom is 0.410 e. The molecule has 0 atom stereocenters. The Labute approximate surface area is 159 Å². The maximum absolute atomic E-state index is 12.1. The number of rotatable bonds is 2. The van der Waals surface area contributed by atoms with Gasteiger partial charge in [0.15, 0.2) is 0 Å². The number of benzene rings is 1. The van der Waals surface area contributed by atoms with Crippen LogP contribution in [0.3, 0.4) is 0 Å². The maximum atomic E-state index is 12.1. The van der Waals surface area contributed by atoms with Crippen LogP contribution in [0.5, 0.6) is 5.75 Å². The number of piperidine rings is 1. The lowest BCUT2D eigenvalue weighted by Crippen LogP contribution is -2.49. The first-order chi connectivity index (χ1) is 12.2. The van der Waals surface area contributed by atoms with Gasteiger partial charge in [-0.3, -0.25) is 0 Å². The second-order valence-corrected chi connectivity index (χ2v) is 7.09. The third-order valence-corrected chi connectivity index (χ3v) is 3.72. The zero-order valence-electron chi connectivity index (χ0n) is 17.9. The molecule has 0 spiro atoms. The van der Waals surface area contributed by atoms with Crippen LogP contribution in [0.1, 0.15) is 68.2 Å². The zero-order chi connectivity index (χ0) is 20.4. The number of nitrogens with zero attached hydrogens (tertiary/aromatic N) is 1. The molecule has 2 rings (SSSR count). The summed E-state index contributed by atoms with van der Waals surface area (Å²) in [5, 5.41) is 0. The molecule has 0 unspecified atom stereocenters. The molecule has 0 radical (unpaired) electrons. The monoisotopic (exact) mass is 366 g/mol. The molecular formula is C21H38N2O3. The summed E-state index contributed by atoms with van der Waals surface area (Å²) in [4.78, 5) is 13.8. The van der Waals surface area contributed by atoms with E-state index in [2.05, 4.69) is 6.92 Å². The van der Waals surface area contributed by atoms with Crippen LogP contribution in [-0.2, 0) is 4.74 Å². The van der Waals surface area contributed by atoms with Crippen molar-refractivity contribution in [3.8, 4) is 5.75 Å². The van der Waals surface area contributed by atoms with Crippen LogP contribution in [0.25, 0.3) is 0 Å². The summed E-state index contributed by atoms with van der Waals surface area (Å²) in [6, 6.07) is 7.41. The molecule has 1 heterocycles. The highest BCUT2D eigenvalue weighted by atomic mass is 16.6. The van der Waals surface area contributed by atoms with Crippen molar-refractivity contribution in [2.24, 2.45) is 0 Å². The van der Waals surface area contributed by atoms with Gasteiger partial charge in [-0.1, -0.05) is 27.7 Å². The first-order valence-corrected chi connectivity index (χ1v) is 9.69. The van der Waals surface area contributed by atoms with Gasteiger partial charge in [0.25, 0.3) is 0 Å². The van der Waals surface area contributed by atoms with Crippen molar-refractivity contribution >= 4 is 11.8 Å². The average molecular weight is 367 g/mol. The Hall–Kier alpha value is -1.91. The van der Waals surface area contributed by atoms with Gasteiger partial charge in [-0.05, 0) is 52.0 Å². The van der Waals surface area contributed by atoms with E-state index in [9.17, 15) is 4.79 Å². The SMILES string of the molecule is CC.CC.CC(C)(C)OC(=O)N1CCC(C)(Oc2ccc(N)cc2)CC1. The fraction of sp³-hybridized carbons (Fsp3) is 0.667. The zero-order valence-corrected chi connectivity index (χ0v) is 17.9. The molecule has 1 saturated heterocycles. The summed E-state index contributed by atoms with van der Waals surface area (Å²) in [7, 11) is 0. The van der Waals surface area contributed by atoms with Crippen molar-refractivity contribution in [2.45, 2.75) is 79.4 Å². The van der Waals surface area contributed by atoms with E-state index in [-0.39, 0.29) is 11.7 Å². The molecule has 0 aliphatic carbocycles. The first-order valence-electron chi connectivity index (χ1n) is 9.69. The van der Waals surface area contributed by atoms with Gasteiger partial charge >= 0.3 is 6.09 Å². The number of carbonyl (C=O) groups is 1. The predicted molar refractivity (Wildman–Crippen MR) is 110 cm³/mol. The number of hydrogen-bond acceptors (Lipinski definition) is 4. The lowest BCUT2D eigenvalue weighted by atomic mass is 9.93. The number of carbonyl (C=O) groups excluding carboxylic acids is 1. The van der Waals surface area contributed by atoms with Crippen molar-refractivity contribution in [1.29, 1.82) is 0 Å². The summed E-state index contributed by atoms with van der Waals surface area (Å²) >= 11 is 0. The van der Waals surface area contributed by atoms with Gasteiger partial charge in [0.05, 0.1) is 0 Å². The smallest absolute Gasteiger partial charge is 0.410 e. The molecule has 0 saturated carbocycles. The number of nitrogens with two attached hydrogens (primary N) is 1. The molecule has 2 N–H and O–H groups in total. The molecule has 5 heteroatoms. The number of amides is 1. The molecule has 1 aromatic rings. The van der Waals surface area contributed by atoms with E-state index >= 15 is 0 Å². The van der Waals surface area contributed by atoms with Crippen molar-refractivity contribution in [3.63, 3.8) is 0 Å². The van der Waals surface area contributed by atoms with Crippen LogP contribution in [0, 0.1) is 0 Å². The molecule has 150 valence electrons. The van der Waals surface area contributed by atoms with Crippen molar-refractivity contribution in [2.75, 3.05) is 18.8 Å². The number of hydrogen-bond donors (Lipinski definition) is 1. The van der Waals surface area contributed by atoms with E-state index < -0.39 is 5.60 Å². The van der Waals surface area contributed by atoms with Crippen LogP contribution in [0.15, 0.2) is 24.3 Å². The van der Waals surface area contributed by atoms with Crippen molar-refractivity contribution in [3.05, 3.63) is 24.3 Å². The topological polar surface area (TPSA) is 64.8 Å².